The number of rotatable bonds is 4. The summed E-state index contributed by atoms with van der Waals surface area (Å²) in [7, 11) is 0. The van der Waals surface area contributed by atoms with E-state index in [1.54, 1.807) is 11.3 Å². The summed E-state index contributed by atoms with van der Waals surface area (Å²) in [4.78, 5) is 28.6. The molecule has 2 aliphatic heterocycles. The van der Waals surface area contributed by atoms with Crippen LogP contribution in [-0.4, -0.2) is 53.0 Å². The Balaban J connectivity index is 1.47. The number of carboxylic acid groups (broad SMARTS) is 1. The maximum absolute atomic E-state index is 12.5. The summed E-state index contributed by atoms with van der Waals surface area (Å²) in [5, 5.41) is 14.0. The van der Waals surface area contributed by atoms with Crippen molar-refractivity contribution in [3.63, 3.8) is 0 Å². The highest BCUT2D eigenvalue weighted by Gasteiger charge is 2.58. The Morgan fingerprint density at radius 1 is 1.30 bits per heavy atom. The Hall–Kier alpha value is -1.40. The first kappa shape index (κ1) is 15.1. The molecule has 3 aliphatic rings. The van der Waals surface area contributed by atoms with Gasteiger partial charge < -0.3 is 10.0 Å². The van der Waals surface area contributed by atoms with Gasteiger partial charge in [0.15, 0.2) is 0 Å². The first-order valence-corrected chi connectivity index (χ1v) is 9.28. The second-order valence-electron chi connectivity index (χ2n) is 7.31. The molecule has 3 heterocycles. The Morgan fingerprint density at radius 3 is 2.70 bits per heavy atom. The van der Waals surface area contributed by atoms with E-state index in [2.05, 4.69) is 21.7 Å². The van der Waals surface area contributed by atoms with Gasteiger partial charge in [-0.05, 0) is 35.2 Å². The fourth-order valence-electron chi connectivity index (χ4n) is 4.31. The maximum Gasteiger partial charge on any atom is 0.313 e. The number of aliphatic carboxylic acids is 1. The molecule has 0 bridgehead atoms. The lowest BCUT2D eigenvalue weighted by molar-refractivity contribution is -0.149. The monoisotopic (exact) mass is 334 g/mol. The molecular weight excluding hydrogens is 312 g/mol. The minimum Gasteiger partial charge on any atom is -0.481 e. The lowest BCUT2D eigenvalue weighted by Crippen LogP contribution is -2.44. The number of hydrogen-bond acceptors (Lipinski definition) is 4. The predicted molar refractivity (Wildman–Crippen MR) is 87.1 cm³/mol. The summed E-state index contributed by atoms with van der Waals surface area (Å²) in [6.45, 7) is 3.14. The Labute approximate surface area is 139 Å². The van der Waals surface area contributed by atoms with Crippen molar-refractivity contribution < 1.29 is 14.7 Å². The lowest BCUT2D eigenvalue weighted by Gasteiger charge is -2.31. The number of fused-ring (bicyclic) bond motifs is 1. The van der Waals surface area contributed by atoms with Gasteiger partial charge in [0.2, 0.25) is 5.91 Å². The third-order valence-electron chi connectivity index (χ3n) is 5.86. The van der Waals surface area contributed by atoms with Crippen molar-refractivity contribution in [1.29, 1.82) is 0 Å². The van der Waals surface area contributed by atoms with E-state index in [-0.39, 0.29) is 17.7 Å². The van der Waals surface area contributed by atoms with Crippen molar-refractivity contribution in [2.24, 2.45) is 17.3 Å². The molecule has 1 saturated carbocycles. The number of nitrogens with zero attached hydrogens (tertiary/aromatic N) is 2. The van der Waals surface area contributed by atoms with E-state index in [1.807, 2.05) is 4.90 Å². The van der Waals surface area contributed by atoms with Crippen LogP contribution in [0.3, 0.4) is 0 Å². The van der Waals surface area contributed by atoms with Gasteiger partial charge in [-0.15, -0.1) is 0 Å². The highest BCUT2D eigenvalue weighted by atomic mass is 32.1. The average molecular weight is 334 g/mol. The quantitative estimate of drug-likeness (QED) is 0.913. The van der Waals surface area contributed by atoms with Gasteiger partial charge in [-0.2, -0.15) is 11.3 Å². The number of amides is 1. The van der Waals surface area contributed by atoms with Crippen LogP contribution >= 0.6 is 11.3 Å². The standard InChI is InChI=1S/C17H22N2O3S/c20-15(13-2-1-3-13)19-8-14-7-18(6-12-4-5-23-9-12)10-17(14,11-19)16(21)22/h4-5,9,13-14H,1-3,6-8,10-11H2,(H,21,22)/t14-,17-/m1/s1. The summed E-state index contributed by atoms with van der Waals surface area (Å²) in [6, 6.07) is 2.10. The van der Waals surface area contributed by atoms with Crippen molar-refractivity contribution in [3.05, 3.63) is 22.4 Å². The molecule has 4 rings (SSSR count). The zero-order valence-corrected chi connectivity index (χ0v) is 13.9. The third-order valence-corrected chi connectivity index (χ3v) is 6.59. The van der Waals surface area contributed by atoms with Gasteiger partial charge in [-0.3, -0.25) is 14.5 Å². The largest absolute Gasteiger partial charge is 0.481 e. The molecule has 2 atom stereocenters. The van der Waals surface area contributed by atoms with Gasteiger partial charge in [-0.25, -0.2) is 0 Å². The zero-order valence-electron chi connectivity index (χ0n) is 13.1. The van der Waals surface area contributed by atoms with Crippen molar-refractivity contribution in [2.45, 2.75) is 25.8 Å². The van der Waals surface area contributed by atoms with E-state index in [0.717, 1.165) is 32.4 Å². The normalized spacial score (nSPS) is 31.1. The molecule has 0 unspecified atom stereocenters. The maximum atomic E-state index is 12.5. The molecule has 1 N–H and O–H groups in total. The van der Waals surface area contributed by atoms with Gasteiger partial charge in [0.1, 0.15) is 5.41 Å². The second-order valence-corrected chi connectivity index (χ2v) is 8.09. The second kappa shape index (κ2) is 5.60. The highest BCUT2D eigenvalue weighted by Crippen LogP contribution is 2.44. The molecule has 124 valence electrons. The predicted octanol–water partition coefficient (Wildman–Crippen LogP) is 1.89. The zero-order chi connectivity index (χ0) is 16.0. The first-order chi connectivity index (χ1) is 11.1. The highest BCUT2D eigenvalue weighted by molar-refractivity contribution is 7.07. The SMILES string of the molecule is O=C(C1CCC1)N1C[C@H]2CN(Cc3ccsc3)C[C@@]2(C(=O)O)C1. The molecule has 23 heavy (non-hydrogen) atoms. The van der Waals surface area contributed by atoms with Gasteiger partial charge in [-0.1, -0.05) is 6.42 Å². The molecule has 1 aliphatic carbocycles. The molecule has 0 aromatic carbocycles. The Kier molecular flexibility index (Phi) is 3.69. The van der Waals surface area contributed by atoms with E-state index in [1.165, 1.54) is 5.56 Å². The van der Waals surface area contributed by atoms with Crippen LogP contribution in [0, 0.1) is 17.3 Å². The minimum atomic E-state index is -0.768. The molecule has 2 saturated heterocycles. The topological polar surface area (TPSA) is 60.9 Å². The number of likely N-dealkylation sites (tertiary alicyclic amines) is 2. The van der Waals surface area contributed by atoms with Gasteiger partial charge in [0.25, 0.3) is 0 Å². The van der Waals surface area contributed by atoms with Crippen LogP contribution in [0.25, 0.3) is 0 Å². The van der Waals surface area contributed by atoms with Gasteiger partial charge in [0, 0.05) is 44.6 Å². The first-order valence-electron chi connectivity index (χ1n) is 8.34. The molecule has 0 radical (unpaired) electrons. The van der Waals surface area contributed by atoms with Crippen LogP contribution in [0.5, 0.6) is 0 Å². The number of carboxylic acids is 1. The van der Waals surface area contributed by atoms with Crippen LogP contribution in [0.4, 0.5) is 0 Å². The minimum absolute atomic E-state index is 0.0580. The molecule has 5 nitrogen and oxygen atoms in total. The fraction of sp³-hybridized carbons (Fsp3) is 0.647. The number of hydrogen-bond donors (Lipinski definition) is 1. The third kappa shape index (κ3) is 2.48. The van der Waals surface area contributed by atoms with Crippen molar-refractivity contribution in [1.82, 2.24) is 9.80 Å². The molecule has 1 aromatic heterocycles. The fourth-order valence-corrected chi connectivity index (χ4v) is 4.97. The number of carbonyl (C=O) groups is 2. The van der Waals surface area contributed by atoms with Gasteiger partial charge >= 0.3 is 5.97 Å². The molecule has 3 fully saturated rings. The lowest BCUT2D eigenvalue weighted by atomic mass is 9.81. The number of thiophene rings is 1. The van der Waals surface area contributed by atoms with Crippen LogP contribution in [0.15, 0.2) is 16.8 Å². The number of carbonyl (C=O) groups excluding carboxylic acids is 1. The Bertz CT molecular complexity index is 613. The van der Waals surface area contributed by atoms with E-state index < -0.39 is 11.4 Å². The van der Waals surface area contributed by atoms with E-state index in [0.29, 0.717) is 19.6 Å². The average Bonchev–Trinajstić information content (AvgIpc) is 3.10. The summed E-state index contributed by atoms with van der Waals surface area (Å²) in [5.41, 5.74) is 0.480. The van der Waals surface area contributed by atoms with Crippen LogP contribution in [0.1, 0.15) is 24.8 Å². The van der Waals surface area contributed by atoms with Crippen LogP contribution in [0.2, 0.25) is 0 Å². The summed E-state index contributed by atoms with van der Waals surface area (Å²) < 4.78 is 0. The molecule has 0 spiro atoms. The summed E-state index contributed by atoms with van der Waals surface area (Å²) in [5.74, 6) is -0.334. The van der Waals surface area contributed by atoms with Crippen molar-refractivity contribution >= 4 is 23.2 Å². The smallest absolute Gasteiger partial charge is 0.313 e. The van der Waals surface area contributed by atoms with Crippen LogP contribution in [-0.2, 0) is 16.1 Å². The summed E-state index contributed by atoms with van der Waals surface area (Å²) in [6.07, 6.45) is 3.08. The Morgan fingerprint density at radius 2 is 2.13 bits per heavy atom. The van der Waals surface area contributed by atoms with E-state index in [4.69, 9.17) is 0 Å². The molecule has 1 aromatic rings. The molecule has 6 heteroatoms. The molecule has 1 amide bonds. The molecular formula is C17H22N2O3S. The van der Waals surface area contributed by atoms with Crippen LogP contribution < -0.4 is 0 Å². The summed E-state index contributed by atoms with van der Waals surface area (Å²) >= 11 is 1.67. The van der Waals surface area contributed by atoms with E-state index >= 15 is 0 Å². The van der Waals surface area contributed by atoms with Gasteiger partial charge in [0.05, 0.1) is 0 Å². The van der Waals surface area contributed by atoms with E-state index in [9.17, 15) is 14.7 Å². The van der Waals surface area contributed by atoms with Crippen molar-refractivity contribution in [3.8, 4) is 0 Å². The van der Waals surface area contributed by atoms with Crippen molar-refractivity contribution in [2.75, 3.05) is 26.2 Å².